The highest BCUT2D eigenvalue weighted by atomic mass is 16.4. The van der Waals surface area contributed by atoms with Gasteiger partial charge in [-0.15, -0.1) is 0 Å². The Balaban J connectivity index is 2.98. The Morgan fingerprint density at radius 2 is 1.85 bits per heavy atom. The van der Waals surface area contributed by atoms with Crippen LogP contribution < -0.4 is 5.73 Å². The molecule has 1 heterocycles. The summed E-state index contributed by atoms with van der Waals surface area (Å²) in [5, 5.41) is 9.49. The van der Waals surface area contributed by atoms with Gasteiger partial charge in [0.05, 0.1) is 10.8 Å². The van der Waals surface area contributed by atoms with Crippen LogP contribution in [0.15, 0.2) is 0 Å². The van der Waals surface area contributed by atoms with Gasteiger partial charge in [0.15, 0.2) is 0 Å². The van der Waals surface area contributed by atoms with Gasteiger partial charge in [-0.3, -0.25) is 9.59 Å². The molecule has 3 N–H and O–H groups in total. The molecule has 0 aromatic carbocycles. The quantitative estimate of drug-likeness (QED) is 0.825. The molecule has 1 atom stereocenters. The number of carboxylic acids is 1. The highest BCUT2D eigenvalue weighted by molar-refractivity contribution is 5.85. The van der Waals surface area contributed by atoms with Crippen molar-refractivity contribution in [3.8, 4) is 0 Å². The molecular formula is C15H28N2O3. The predicted octanol–water partition coefficient (Wildman–Crippen LogP) is 1.85. The SMILES string of the molecule is CCC1(C(=O)O)CCCN(C(=O)C(C)(C)C(C)(C)N)C1. The smallest absolute Gasteiger partial charge is 0.311 e. The normalized spacial score (nSPS) is 24.6. The molecule has 0 spiro atoms. The fourth-order valence-corrected chi connectivity index (χ4v) is 2.59. The number of carbonyl (C=O) groups excluding carboxylic acids is 1. The average molecular weight is 284 g/mol. The molecule has 0 aromatic heterocycles. The minimum absolute atomic E-state index is 0.0521. The highest BCUT2D eigenvalue weighted by Gasteiger charge is 2.47. The minimum Gasteiger partial charge on any atom is -0.481 e. The molecule has 20 heavy (non-hydrogen) atoms. The monoisotopic (exact) mass is 284 g/mol. The van der Waals surface area contributed by atoms with Crippen molar-refractivity contribution in [1.29, 1.82) is 0 Å². The molecule has 1 rings (SSSR count). The first-order valence-corrected chi connectivity index (χ1v) is 7.29. The van der Waals surface area contributed by atoms with E-state index in [4.69, 9.17) is 5.73 Å². The molecule has 1 saturated heterocycles. The largest absolute Gasteiger partial charge is 0.481 e. The third-order valence-corrected chi connectivity index (χ3v) is 5.14. The molecule has 0 aromatic rings. The van der Waals surface area contributed by atoms with Crippen molar-refractivity contribution in [2.75, 3.05) is 13.1 Å². The molecule has 5 nitrogen and oxygen atoms in total. The Labute approximate surface area is 121 Å². The van der Waals surface area contributed by atoms with Gasteiger partial charge < -0.3 is 15.7 Å². The van der Waals surface area contributed by atoms with Crippen LogP contribution >= 0.6 is 0 Å². The van der Waals surface area contributed by atoms with Gasteiger partial charge in [0.2, 0.25) is 5.91 Å². The van der Waals surface area contributed by atoms with Crippen molar-refractivity contribution < 1.29 is 14.7 Å². The van der Waals surface area contributed by atoms with Crippen LogP contribution in [0, 0.1) is 10.8 Å². The van der Waals surface area contributed by atoms with Gasteiger partial charge in [-0.2, -0.15) is 0 Å². The number of nitrogens with zero attached hydrogens (tertiary/aromatic N) is 1. The zero-order chi connectivity index (χ0) is 15.8. The lowest BCUT2D eigenvalue weighted by atomic mass is 9.72. The first-order valence-electron chi connectivity index (χ1n) is 7.29. The number of carbonyl (C=O) groups is 2. The van der Waals surface area contributed by atoms with E-state index in [0.29, 0.717) is 19.4 Å². The van der Waals surface area contributed by atoms with E-state index in [-0.39, 0.29) is 12.5 Å². The van der Waals surface area contributed by atoms with E-state index >= 15 is 0 Å². The molecule has 1 fully saturated rings. The summed E-state index contributed by atoms with van der Waals surface area (Å²) < 4.78 is 0. The molecule has 0 radical (unpaired) electrons. The number of hydrogen-bond donors (Lipinski definition) is 2. The molecule has 1 unspecified atom stereocenters. The molecule has 0 bridgehead atoms. The summed E-state index contributed by atoms with van der Waals surface area (Å²) in [6.07, 6.45) is 1.90. The van der Waals surface area contributed by atoms with Crippen molar-refractivity contribution in [2.45, 2.75) is 59.4 Å². The van der Waals surface area contributed by atoms with E-state index < -0.39 is 22.3 Å². The lowest BCUT2D eigenvalue weighted by Crippen LogP contribution is -2.59. The standard InChI is InChI=1S/C15H28N2O3/c1-6-15(12(19)20)8-7-9-17(10-15)11(18)13(2,3)14(4,5)16/h6-10,16H2,1-5H3,(H,19,20). The number of nitrogens with two attached hydrogens (primary N) is 1. The van der Waals surface area contributed by atoms with Crippen LogP contribution in [0.4, 0.5) is 0 Å². The van der Waals surface area contributed by atoms with E-state index in [1.807, 2.05) is 34.6 Å². The third kappa shape index (κ3) is 2.82. The van der Waals surface area contributed by atoms with Gasteiger partial charge in [-0.25, -0.2) is 0 Å². The molecule has 116 valence electrons. The van der Waals surface area contributed by atoms with E-state index in [2.05, 4.69) is 0 Å². The summed E-state index contributed by atoms with van der Waals surface area (Å²) >= 11 is 0. The maximum atomic E-state index is 12.7. The zero-order valence-corrected chi connectivity index (χ0v) is 13.3. The Hall–Kier alpha value is -1.10. The summed E-state index contributed by atoms with van der Waals surface area (Å²) in [6, 6.07) is 0. The number of hydrogen-bond acceptors (Lipinski definition) is 3. The number of amides is 1. The second-order valence-electron chi connectivity index (χ2n) is 7.12. The summed E-state index contributed by atoms with van der Waals surface area (Å²) in [7, 11) is 0. The van der Waals surface area contributed by atoms with Crippen LogP contribution in [0.5, 0.6) is 0 Å². The Morgan fingerprint density at radius 1 is 1.30 bits per heavy atom. The number of carboxylic acid groups (broad SMARTS) is 1. The van der Waals surface area contributed by atoms with Gasteiger partial charge in [-0.1, -0.05) is 6.92 Å². The second kappa shape index (κ2) is 5.35. The average Bonchev–Trinajstić information content (AvgIpc) is 2.36. The zero-order valence-electron chi connectivity index (χ0n) is 13.3. The first-order chi connectivity index (χ1) is 8.98. The number of rotatable bonds is 4. The van der Waals surface area contributed by atoms with Crippen molar-refractivity contribution in [3.05, 3.63) is 0 Å². The van der Waals surface area contributed by atoms with Crippen LogP contribution in [0.25, 0.3) is 0 Å². The molecule has 1 aliphatic rings. The van der Waals surface area contributed by atoms with E-state index in [1.165, 1.54) is 0 Å². The van der Waals surface area contributed by atoms with Gasteiger partial charge in [0.25, 0.3) is 0 Å². The number of piperidine rings is 1. The van der Waals surface area contributed by atoms with Crippen LogP contribution in [0.1, 0.15) is 53.9 Å². The minimum atomic E-state index is -0.803. The van der Waals surface area contributed by atoms with Gasteiger partial charge in [-0.05, 0) is 47.0 Å². The van der Waals surface area contributed by atoms with Crippen LogP contribution in [0.3, 0.4) is 0 Å². The Kier molecular flexibility index (Phi) is 4.54. The lowest BCUT2D eigenvalue weighted by Gasteiger charge is -2.45. The molecule has 5 heteroatoms. The van der Waals surface area contributed by atoms with Crippen LogP contribution in [0.2, 0.25) is 0 Å². The summed E-state index contributed by atoms with van der Waals surface area (Å²) in [6.45, 7) is 10.1. The summed E-state index contributed by atoms with van der Waals surface area (Å²) in [4.78, 5) is 26.0. The topological polar surface area (TPSA) is 83.6 Å². The van der Waals surface area contributed by atoms with Gasteiger partial charge >= 0.3 is 5.97 Å². The summed E-state index contributed by atoms with van der Waals surface area (Å²) in [5.74, 6) is -0.855. The lowest BCUT2D eigenvalue weighted by molar-refractivity contribution is -0.158. The molecule has 0 saturated carbocycles. The van der Waals surface area contributed by atoms with E-state index in [1.54, 1.807) is 4.90 Å². The summed E-state index contributed by atoms with van der Waals surface area (Å²) in [5.41, 5.74) is 3.94. The molecule has 1 aliphatic heterocycles. The maximum Gasteiger partial charge on any atom is 0.311 e. The fraction of sp³-hybridized carbons (Fsp3) is 0.867. The number of aliphatic carboxylic acids is 1. The Bertz CT molecular complexity index is 398. The molecular weight excluding hydrogens is 256 g/mol. The van der Waals surface area contributed by atoms with Crippen molar-refractivity contribution in [3.63, 3.8) is 0 Å². The van der Waals surface area contributed by atoms with E-state index in [9.17, 15) is 14.7 Å². The second-order valence-corrected chi connectivity index (χ2v) is 7.12. The maximum absolute atomic E-state index is 12.7. The van der Waals surface area contributed by atoms with Crippen LogP contribution in [-0.4, -0.2) is 40.5 Å². The van der Waals surface area contributed by atoms with Gasteiger partial charge in [0.1, 0.15) is 0 Å². The van der Waals surface area contributed by atoms with E-state index in [0.717, 1.165) is 6.42 Å². The van der Waals surface area contributed by atoms with Crippen LogP contribution in [-0.2, 0) is 9.59 Å². The molecule has 1 amide bonds. The molecule has 0 aliphatic carbocycles. The highest BCUT2D eigenvalue weighted by Crippen LogP contribution is 2.37. The predicted molar refractivity (Wildman–Crippen MR) is 78.2 cm³/mol. The fourth-order valence-electron chi connectivity index (χ4n) is 2.59. The first kappa shape index (κ1) is 17.0. The third-order valence-electron chi connectivity index (χ3n) is 5.14. The van der Waals surface area contributed by atoms with Crippen molar-refractivity contribution in [1.82, 2.24) is 4.90 Å². The van der Waals surface area contributed by atoms with Crippen molar-refractivity contribution >= 4 is 11.9 Å². The number of likely N-dealkylation sites (tertiary alicyclic amines) is 1. The van der Waals surface area contributed by atoms with Gasteiger partial charge in [0, 0.05) is 18.6 Å². The Morgan fingerprint density at radius 3 is 2.25 bits per heavy atom. The van der Waals surface area contributed by atoms with Crippen molar-refractivity contribution in [2.24, 2.45) is 16.6 Å².